The number of rotatable bonds is 10. The van der Waals surface area contributed by atoms with E-state index in [4.69, 9.17) is 23.8 Å². The number of ether oxygens (including phenoxy) is 4. The van der Waals surface area contributed by atoms with E-state index >= 15 is 0 Å². The Balaban J connectivity index is 2.02. The largest absolute Gasteiger partial charge is 0.359 e. The number of hydrogen-bond acceptors (Lipinski definition) is 8. The van der Waals surface area contributed by atoms with Crippen LogP contribution in [0.1, 0.15) is 12.0 Å². The van der Waals surface area contributed by atoms with Gasteiger partial charge in [0.2, 0.25) is 0 Å². The topological polar surface area (TPSA) is 93.5 Å². The number of carbonyl (C=O) groups excluding carboxylic acids is 1. The second kappa shape index (κ2) is 11.7. The highest BCUT2D eigenvalue weighted by Crippen LogP contribution is 2.41. The van der Waals surface area contributed by atoms with Gasteiger partial charge in [-0.25, -0.2) is 0 Å². The first-order valence-corrected chi connectivity index (χ1v) is 10.9. The number of methoxy groups -OCH3 is 3. The lowest BCUT2D eigenvalue weighted by atomic mass is 9.72. The molecular weight excluding hydrogens is 426 g/mol. The van der Waals surface area contributed by atoms with Gasteiger partial charge in [-0.3, -0.25) is 14.5 Å². The van der Waals surface area contributed by atoms with Crippen LogP contribution in [0.25, 0.3) is 5.57 Å². The van der Waals surface area contributed by atoms with Gasteiger partial charge in [0.1, 0.15) is 6.79 Å². The first-order valence-electron chi connectivity index (χ1n) is 10.9. The molecule has 4 atom stereocenters. The van der Waals surface area contributed by atoms with E-state index in [0.717, 1.165) is 5.56 Å². The molecule has 0 N–H and O–H groups in total. The molecule has 33 heavy (non-hydrogen) atoms. The van der Waals surface area contributed by atoms with Crippen LogP contribution in [0.15, 0.2) is 30.3 Å². The van der Waals surface area contributed by atoms with Gasteiger partial charge in [0.25, 0.3) is 5.91 Å². The summed E-state index contributed by atoms with van der Waals surface area (Å²) in [6.45, 7) is 1.06. The van der Waals surface area contributed by atoms with Gasteiger partial charge in [-0.2, -0.15) is 10.3 Å². The highest BCUT2D eigenvalue weighted by molar-refractivity contribution is 6.31. The lowest BCUT2D eigenvalue weighted by Gasteiger charge is -2.46. The molecule has 0 aliphatic carbocycles. The Morgan fingerprint density at radius 1 is 1.18 bits per heavy atom. The van der Waals surface area contributed by atoms with E-state index < -0.39 is 6.29 Å². The Hall–Kier alpha value is -2.32. The van der Waals surface area contributed by atoms with Crippen molar-refractivity contribution in [3.05, 3.63) is 35.9 Å². The predicted molar refractivity (Wildman–Crippen MR) is 122 cm³/mol. The summed E-state index contributed by atoms with van der Waals surface area (Å²) < 4.78 is 21.8. The molecule has 9 nitrogen and oxygen atoms in total. The number of likely N-dealkylation sites (tertiary alicyclic amines) is 1. The van der Waals surface area contributed by atoms with Crippen LogP contribution >= 0.6 is 0 Å². The van der Waals surface area contributed by atoms with Crippen LogP contribution in [0, 0.1) is 29.1 Å². The molecule has 180 valence electrons. The number of hydrogen-bond donors (Lipinski definition) is 0. The number of para-hydroxylation sites is 1. The van der Waals surface area contributed by atoms with Crippen LogP contribution in [-0.4, -0.2) is 78.6 Å². The standard InChI is InChI=1S/C24H33N3O6/c1-26-13-16(12-25)18(11-23(30-3)31-4)20(14-33-15-29-2)22(26)10-19-17-8-6-7-9-21(17)27(32-5)24(19)28/h6-10,16,18,20,22-23H,11,13-15H2,1-5H3/b19-10-/t16-,18-,20-,22-/m0/s1. The van der Waals surface area contributed by atoms with Gasteiger partial charge in [0.05, 0.1) is 31.4 Å². The second-order valence-corrected chi connectivity index (χ2v) is 8.29. The van der Waals surface area contributed by atoms with Gasteiger partial charge in [-0.15, -0.1) is 0 Å². The molecule has 1 saturated heterocycles. The number of carbonyl (C=O) groups is 1. The van der Waals surface area contributed by atoms with Crippen molar-refractivity contribution in [2.75, 3.05) is 60.5 Å². The molecule has 3 rings (SSSR count). The van der Waals surface area contributed by atoms with Crippen molar-refractivity contribution in [2.45, 2.75) is 18.8 Å². The Labute approximate surface area is 195 Å². The summed E-state index contributed by atoms with van der Waals surface area (Å²) >= 11 is 0. The minimum atomic E-state index is -0.440. The average Bonchev–Trinajstić information content (AvgIpc) is 3.10. The molecule has 0 saturated carbocycles. The number of piperidine rings is 1. The van der Waals surface area contributed by atoms with Crippen molar-refractivity contribution < 1.29 is 28.6 Å². The lowest BCUT2D eigenvalue weighted by molar-refractivity contribution is -0.135. The Kier molecular flexibility index (Phi) is 8.97. The van der Waals surface area contributed by atoms with Crippen molar-refractivity contribution >= 4 is 17.2 Å². The Morgan fingerprint density at radius 2 is 1.91 bits per heavy atom. The third-order valence-corrected chi connectivity index (χ3v) is 6.51. The molecule has 0 unspecified atom stereocenters. The zero-order valence-corrected chi connectivity index (χ0v) is 19.9. The third-order valence-electron chi connectivity index (χ3n) is 6.51. The highest BCUT2D eigenvalue weighted by Gasteiger charge is 2.44. The first-order chi connectivity index (χ1) is 16.0. The quantitative estimate of drug-likeness (QED) is 0.299. The van der Waals surface area contributed by atoms with Crippen LogP contribution in [0.4, 0.5) is 5.69 Å². The molecule has 2 aliphatic rings. The zero-order valence-electron chi connectivity index (χ0n) is 19.9. The van der Waals surface area contributed by atoms with Gasteiger partial charge in [0, 0.05) is 57.4 Å². The van der Waals surface area contributed by atoms with E-state index in [1.54, 1.807) is 21.3 Å². The number of likely N-dealkylation sites (N-methyl/N-ethyl adjacent to an activating group) is 1. The maximum absolute atomic E-state index is 13.2. The molecule has 0 bridgehead atoms. The van der Waals surface area contributed by atoms with E-state index in [1.807, 2.05) is 37.4 Å². The maximum atomic E-state index is 13.2. The zero-order chi connectivity index (χ0) is 24.0. The molecule has 0 aromatic heterocycles. The molecule has 2 aliphatic heterocycles. The smallest absolute Gasteiger partial charge is 0.282 e. The molecule has 0 radical (unpaired) electrons. The summed E-state index contributed by atoms with van der Waals surface area (Å²) in [6, 6.07) is 9.85. The van der Waals surface area contributed by atoms with Gasteiger partial charge in [-0.1, -0.05) is 24.3 Å². The average molecular weight is 460 g/mol. The molecule has 1 fully saturated rings. The van der Waals surface area contributed by atoms with E-state index in [2.05, 4.69) is 11.0 Å². The fourth-order valence-corrected chi connectivity index (χ4v) is 4.90. The number of nitriles is 1. The van der Waals surface area contributed by atoms with Crippen LogP contribution < -0.4 is 5.06 Å². The minimum Gasteiger partial charge on any atom is -0.359 e. The number of hydroxylamine groups is 1. The summed E-state index contributed by atoms with van der Waals surface area (Å²) in [5.74, 6) is -0.620. The van der Waals surface area contributed by atoms with E-state index in [9.17, 15) is 10.1 Å². The summed E-state index contributed by atoms with van der Waals surface area (Å²) in [6.07, 6.45) is 2.08. The van der Waals surface area contributed by atoms with Crippen molar-refractivity contribution in [1.29, 1.82) is 5.26 Å². The maximum Gasteiger partial charge on any atom is 0.282 e. The van der Waals surface area contributed by atoms with Crippen LogP contribution in [0.5, 0.6) is 0 Å². The molecular formula is C24H33N3O6. The SMILES string of the molecule is COCOC[C@H]1[C@@H](CC(OC)OC)[C@@H](C#N)CN(C)[C@H]1/C=C1\C(=O)N(OC)c2ccccc21. The second-order valence-electron chi connectivity index (χ2n) is 8.29. The van der Waals surface area contributed by atoms with Crippen molar-refractivity contribution in [2.24, 2.45) is 17.8 Å². The first kappa shape index (κ1) is 25.3. The summed E-state index contributed by atoms with van der Waals surface area (Å²) in [5, 5.41) is 11.2. The van der Waals surface area contributed by atoms with Crippen molar-refractivity contribution in [3.63, 3.8) is 0 Å². The number of amides is 1. The van der Waals surface area contributed by atoms with Crippen LogP contribution in [0.3, 0.4) is 0 Å². The Morgan fingerprint density at radius 3 is 2.55 bits per heavy atom. The lowest BCUT2D eigenvalue weighted by Crippen LogP contribution is -2.53. The summed E-state index contributed by atoms with van der Waals surface area (Å²) in [5.41, 5.74) is 2.11. The van der Waals surface area contributed by atoms with E-state index in [-0.39, 0.29) is 36.5 Å². The monoisotopic (exact) mass is 459 g/mol. The molecule has 9 heteroatoms. The van der Waals surface area contributed by atoms with Crippen LogP contribution in [0.2, 0.25) is 0 Å². The number of nitrogens with zero attached hydrogens (tertiary/aromatic N) is 3. The van der Waals surface area contributed by atoms with E-state index in [1.165, 1.54) is 12.2 Å². The van der Waals surface area contributed by atoms with Crippen molar-refractivity contribution in [3.8, 4) is 6.07 Å². The summed E-state index contributed by atoms with van der Waals surface area (Å²) in [7, 11) is 8.20. The highest BCUT2D eigenvalue weighted by atomic mass is 16.7. The molecule has 0 spiro atoms. The van der Waals surface area contributed by atoms with Gasteiger partial charge in [-0.05, 0) is 19.0 Å². The fraction of sp³-hybridized carbons (Fsp3) is 0.583. The third kappa shape index (κ3) is 5.27. The number of fused-ring (bicyclic) bond motifs is 1. The number of benzene rings is 1. The fourth-order valence-electron chi connectivity index (χ4n) is 4.90. The normalized spacial score (nSPS) is 26.8. The van der Waals surface area contributed by atoms with Crippen molar-refractivity contribution in [1.82, 2.24) is 4.90 Å². The van der Waals surface area contributed by atoms with Gasteiger partial charge in [0.15, 0.2) is 6.29 Å². The Bertz CT molecular complexity index is 881. The number of anilines is 1. The molecule has 1 aromatic rings. The summed E-state index contributed by atoms with van der Waals surface area (Å²) in [4.78, 5) is 20.6. The van der Waals surface area contributed by atoms with E-state index in [0.29, 0.717) is 30.8 Å². The van der Waals surface area contributed by atoms with Gasteiger partial charge < -0.3 is 18.9 Å². The van der Waals surface area contributed by atoms with Crippen LogP contribution in [-0.2, 0) is 28.6 Å². The molecule has 1 aromatic carbocycles. The molecule has 1 amide bonds. The van der Waals surface area contributed by atoms with Gasteiger partial charge >= 0.3 is 0 Å². The molecule has 2 heterocycles. The predicted octanol–water partition coefficient (Wildman–Crippen LogP) is 2.29. The minimum absolute atomic E-state index is 0.0694.